The van der Waals surface area contributed by atoms with Gasteiger partial charge in [0, 0.05) is 24.2 Å². The number of hydrogen-bond acceptors (Lipinski definition) is 8. The highest BCUT2D eigenvalue weighted by Gasteiger charge is 2.26. The zero-order chi connectivity index (χ0) is 25.4. The molecule has 2 aromatic heterocycles. The maximum Gasteiger partial charge on any atom is 0.352 e. The van der Waals surface area contributed by atoms with Gasteiger partial charge < -0.3 is 29.3 Å². The van der Waals surface area contributed by atoms with Crippen molar-refractivity contribution in [2.24, 2.45) is 0 Å². The zero-order valence-electron chi connectivity index (χ0n) is 19.5. The van der Waals surface area contributed by atoms with Crippen LogP contribution in [0.15, 0.2) is 0 Å². The first kappa shape index (κ1) is 26.4. The molecule has 3 N–H and O–H groups in total. The molecule has 0 aliphatic heterocycles. The molecule has 0 radical (unpaired) electrons. The molecule has 0 fully saturated rings. The van der Waals surface area contributed by atoms with E-state index in [0.29, 0.717) is 46.3 Å². The molecule has 0 saturated carbocycles. The van der Waals surface area contributed by atoms with Crippen LogP contribution < -0.4 is 0 Å². The second-order valence-electron chi connectivity index (χ2n) is 7.45. The van der Waals surface area contributed by atoms with Crippen molar-refractivity contribution in [2.75, 3.05) is 21.3 Å². The van der Waals surface area contributed by atoms with E-state index >= 15 is 0 Å². The maximum atomic E-state index is 12.0. The Labute approximate surface area is 195 Å². The summed E-state index contributed by atoms with van der Waals surface area (Å²) < 4.78 is 14.2. The van der Waals surface area contributed by atoms with Crippen molar-refractivity contribution in [3.63, 3.8) is 0 Å². The Bertz CT molecular complexity index is 1090. The zero-order valence-corrected chi connectivity index (χ0v) is 19.5. The third kappa shape index (κ3) is 5.91. The number of aromatic nitrogens is 2. The second kappa shape index (κ2) is 11.8. The minimum Gasteiger partial charge on any atom is -0.477 e. The summed E-state index contributed by atoms with van der Waals surface area (Å²) in [6, 6.07) is 0. The predicted octanol–water partition coefficient (Wildman–Crippen LogP) is 1.54. The molecule has 11 nitrogen and oxygen atoms in total. The van der Waals surface area contributed by atoms with Gasteiger partial charge in [-0.2, -0.15) is 0 Å². The van der Waals surface area contributed by atoms with Gasteiger partial charge in [0.15, 0.2) is 6.29 Å². The van der Waals surface area contributed by atoms with Gasteiger partial charge in [0.25, 0.3) is 0 Å². The number of rotatable bonds is 12. The second-order valence-corrected chi connectivity index (χ2v) is 7.45. The molecule has 0 aliphatic carbocycles. The van der Waals surface area contributed by atoms with Gasteiger partial charge in [0.2, 0.25) is 0 Å². The lowest BCUT2D eigenvalue weighted by Crippen LogP contribution is -2.10. The standard InChI is InChI=1S/C23H28N2O9/c1-5-12-14(8-20(28)33-3)17(25-22(12)23(30)31)10-16-13(6-7-19(27)32-2)15(9-21(29)34-4)18(11-26)24-16/h11,24-25H,5-10H2,1-4H3,(H,30,31). The molecule has 0 amide bonds. The molecule has 11 heteroatoms. The van der Waals surface area contributed by atoms with Crippen molar-refractivity contribution in [3.8, 4) is 0 Å². The molecular formula is C23H28N2O9. The molecule has 0 unspecified atom stereocenters. The number of carboxylic acid groups (broad SMARTS) is 1. The molecule has 0 aliphatic rings. The van der Waals surface area contributed by atoms with Crippen LogP contribution in [0.4, 0.5) is 0 Å². The number of carboxylic acids is 1. The van der Waals surface area contributed by atoms with E-state index in [2.05, 4.69) is 9.97 Å². The molecule has 34 heavy (non-hydrogen) atoms. The number of carbonyl (C=O) groups excluding carboxylic acids is 4. The van der Waals surface area contributed by atoms with Crippen LogP contribution in [-0.2, 0) is 60.7 Å². The van der Waals surface area contributed by atoms with Crippen LogP contribution in [0.2, 0.25) is 0 Å². The third-order valence-electron chi connectivity index (χ3n) is 5.59. The van der Waals surface area contributed by atoms with Crippen molar-refractivity contribution in [1.29, 1.82) is 0 Å². The summed E-state index contributed by atoms with van der Waals surface area (Å²) >= 11 is 0. The number of aromatic carboxylic acids is 1. The van der Waals surface area contributed by atoms with Crippen LogP contribution in [0, 0.1) is 0 Å². The summed E-state index contributed by atoms with van der Waals surface area (Å²) in [5.41, 5.74) is 2.95. The molecule has 0 saturated heterocycles. The average Bonchev–Trinajstić information content (AvgIpc) is 3.34. The summed E-state index contributed by atoms with van der Waals surface area (Å²) in [6.07, 6.45) is 0.826. The van der Waals surface area contributed by atoms with Gasteiger partial charge in [0.05, 0.1) is 39.9 Å². The van der Waals surface area contributed by atoms with Crippen molar-refractivity contribution in [2.45, 2.75) is 45.4 Å². The maximum absolute atomic E-state index is 12.0. The van der Waals surface area contributed by atoms with Crippen molar-refractivity contribution in [3.05, 3.63) is 45.0 Å². The highest BCUT2D eigenvalue weighted by Crippen LogP contribution is 2.28. The highest BCUT2D eigenvalue weighted by molar-refractivity contribution is 5.89. The Hall–Kier alpha value is -3.89. The van der Waals surface area contributed by atoms with Gasteiger partial charge in [-0.3, -0.25) is 19.2 Å². The van der Waals surface area contributed by atoms with Crippen molar-refractivity contribution in [1.82, 2.24) is 9.97 Å². The molecule has 0 atom stereocenters. The average molecular weight is 476 g/mol. The Morgan fingerprint density at radius 3 is 1.88 bits per heavy atom. The van der Waals surface area contributed by atoms with Gasteiger partial charge in [0.1, 0.15) is 5.69 Å². The summed E-state index contributed by atoms with van der Waals surface area (Å²) in [5, 5.41) is 9.63. The van der Waals surface area contributed by atoms with Crippen LogP contribution in [0.1, 0.15) is 68.0 Å². The highest BCUT2D eigenvalue weighted by atomic mass is 16.5. The number of ether oxygens (including phenoxy) is 3. The predicted molar refractivity (Wildman–Crippen MR) is 118 cm³/mol. The number of aromatic amines is 2. The van der Waals surface area contributed by atoms with Crippen LogP contribution >= 0.6 is 0 Å². The van der Waals surface area contributed by atoms with E-state index in [1.807, 2.05) is 0 Å². The summed E-state index contributed by atoms with van der Waals surface area (Å²) in [5.74, 6) is -2.76. The van der Waals surface area contributed by atoms with E-state index in [4.69, 9.17) is 14.2 Å². The molecule has 184 valence electrons. The monoisotopic (exact) mass is 476 g/mol. The normalized spacial score (nSPS) is 10.6. The van der Waals surface area contributed by atoms with Gasteiger partial charge in [-0.05, 0) is 35.1 Å². The van der Waals surface area contributed by atoms with E-state index in [-0.39, 0.29) is 43.5 Å². The summed E-state index contributed by atoms with van der Waals surface area (Å²) in [7, 11) is 3.72. The molecule has 2 rings (SSSR count). The first-order chi connectivity index (χ1) is 16.2. The van der Waals surface area contributed by atoms with E-state index in [1.54, 1.807) is 6.92 Å². The van der Waals surface area contributed by atoms with E-state index in [0.717, 1.165) is 0 Å². The summed E-state index contributed by atoms with van der Waals surface area (Å²) in [4.78, 5) is 65.2. The molecule has 0 aromatic carbocycles. The molecular weight excluding hydrogens is 448 g/mol. The third-order valence-corrected chi connectivity index (χ3v) is 5.59. The van der Waals surface area contributed by atoms with E-state index < -0.39 is 23.9 Å². The number of H-pyrrole nitrogens is 2. The van der Waals surface area contributed by atoms with Crippen LogP contribution in [-0.4, -0.2) is 66.6 Å². The molecule has 2 aromatic rings. The fourth-order valence-corrected chi connectivity index (χ4v) is 3.92. The number of hydrogen-bond donors (Lipinski definition) is 3. The number of nitrogens with one attached hydrogen (secondary N) is 2. The molecule has 0 spiro atoms. The van der Waals surface area contributed by atoms with Crippen molar-refractivity contribution < 1.29 is 43.3 Å². The fraction of sp³-hybridized carbons (Fsp3) is 0.435. The number of aldehydes is 1. The van der Waals surface area contributed by atoms with Crippen molar-refractivity contribution >= 4 is 30.2 Å². The van der Waals surface area contributed by atoms with E-state index in [1.165, 1.54) is 21.3 Å². The first-order valence-electron chi connectivity index (χ1n) is 10.5. The largest absolute Gasteiger partial charge is 0.477 e. The minimum atomic E-state index is -1.17. The number of methoxy groups -OCH3 is 3. The minimum absolute atomic E-state index is 0.00580. The fourth-order valence-electron chi connectivity index (χ4n) is 3.92. The first-order valence-corrected chi connectivity index (χ1v) is 10.5. The van der Waals surface area contributed by atoms with Crippen LogP contribution in [0.3, 0.4) is 0 Å². The van der Waals surface area contributed by atoms with Gasteiger partial charge in [-0.15, -0.1) is 0 Å². The number of esters is 3. The van der Waals surface area contributed by atoms with Crippen LogP contribution in [0.25, 0.3) is 0 Å². The Balaban J connectivity index is 2.63. The Kier molecular flexibility index (Phi) is 9.17. The lowest BCUT2D eigenvalue weighted by molar-refractivity contribution is -0.141. The molecule has 0 bridgehead atoms. The van der Waals surface area contributed by atoms with Crippen LogP contribution in [0.5, 0.6) is 0 Å². The Morgan fingerprint density at radius 2 is 1.38 bits per heavy atom. The van der Waals surface area contributed by atoms with Gasteiger partial charge >= 0.3 is 23.9 Å². The SMILES string of the molecule is CCc1c(C(=O)O)[nH]c(Cc2[nH]c(C=O)c(CC(=O)OC)c2CCC(=O)OC)c1CC(=O)OC. The topological polar surface area (TPSA) is 165 Å². The Morgan fingerprint density at radius 1 is 0.824 bits per heavy atom. The summed E-state index contributed by atoms with van der Waals surface area (Å²) in [6.45, 7) is 1.77. The van der Waals surface area contributed by atoms with Gasteiger partial charge in [-0.25, -0.2) is 4.79 Å². The van der Waals surface area contributed by atoms with Gasteiger partial charge in [-0.1, -0.05) is 6.92 Å². The quantitative estimate of drug-likeness (QED) is 0.234. The van der Waals surface area contributed by atoms with E-state index in [9.17, 15) is 29.1 Å². The lowest BCUT2D eigenvalue weighted by Gasteiger charge is -2.09. The lowest BCUT2D eigenvalue weighted by atomic mass is 9.96. The molecule has 2 heterocycles. The number of carbonyl (C=O) groups is 5. The smallest absolute Gasteiger partial charge is 0.352 e.